The number of benzene rings is 1. The molecule has 1 atom stereocenters. The highest BCUT2D eigenvalue weighted by Gasteiger charge is 2.37. The molecule has 0 aliphatic carbocycles. The number of piperazine rings is 1. The van der Waals surface area contributed by atoms with Crippen LogP contribution in [0, 0.1) is 25.7 Å². The number of aryl methyl sites for hydroxylation is 1. The maximum Gasteiger partial charge on any atom is 0.228 e. The van der Waals surface area contributed by atoms with Crippen molar-refractivity contribution >= 4 is 17.5 Å². The van der Waals surface area contributed by atoms with Gasteiger partial charge in [0.15, 0.2) is 0 Å². The molecule has 2 amide bonds. The van der Waals surface area contributed by atoms with Crippen LogP contribution < -0.4 is 4.90 Å². The number of hydrogen-bond acceptors (Lipinski definition) is 3. The summed E-state index contributed by atoms with van der Waals surface area (Å²) >= 11 is 0. The van der Waals surface area contributed by atoms with Crippen LogP contribution in [0.5, 0.6) is 0 Å². The van der Waals surface area contributed by atoms with Gasteiger partial charge in [0.1, 0.15) is 0 Å². The Labute approximate surface area is 163 Å². The molecule has 0 saturated carbocycles. The summed E-state index contributed by atoms with van der Waals surface area (Å²) in [6.45, 7) is 13.2. The third-order valence-corrected chi connectivity index (χ3v) is 6.05. The monoisotopic (exact) mass is 371 g/mol. The Morgan fingerprint density at radius 1 is 1.15 bits per heavy atom. The van der Waals surface area contributed by atoms with Crippen molar-refractivity contribution in [3.8, 4) is 0 Å². The number of hydrogen-bond donors (Lipinski definition) is 0. The Bertz CT molecular complexity index is 693. The number of likely N-dealkylation sites (tertiary alicyclic amines) is 1. The molecule has 2 aliphatic heterocycles. The molecular weight excluding hydrogens is 338 g/mol. The molecule has 1 aromatic rings. The third-order valence-electron chi connectivity index (χ3n) is 6.05. The molecule has 0 bridgehead atoms. The van der Waals surface area contributed by atoms with Gasteiger partial charge in [-0.1, -0.05) is 26.0 Å². The predicted octanol–water partition coefficient (Wildman–Crippen LogP) is 2.85. The lowest BCUT2D eigenvalue weighted by Gasteiger charge is -2.38. The molecule has 2 aliphatic rings. The first kappa shape index (κ1) is 19.7. The van der Waals surface area contributed by atoms with Crippen molar-refractivity contribution in [3.63, 3.8) is 0 Å². The molecule has 2 fully saturated rings. The van der Waals surface area contributed by atoms with Crippen LogP contribution in [-0.2, 0) is 9.59 Å². The topological polar surface area (TPSA) is 43.9 Å². The van der Waals surface area contributed by atoms with Gasteiger partial charge in [-0.05, 0) is 43.4 Å². The summed E-state index contributed by atoms with van der Waals surface area (Å²) in [5.41, 5.74) is 3.90. The van der Waals surface area contributed by atoms with Gasteiger partial charge in [-0.3, -0.25) is 9.59 Å². The Morgan fingerprint density at radius 2 is 1.85 bits per heavy atom. The fourth-order valence-electron chi connectivity index (χ4n) is 4.07. The predicted molar refractivity (Wildman–Crippen MR) is 109 cm³/mol. The van der Waals surface area contributed by atoms with Crippen LogP contribution in [0.2, 0.25) is 0 Å². The van der Waals surface area contributed by atoms with E-state index in [1.165, 1.54) is 16.8 Å². The Kier molecular flexibility index (Phi) is 6.08. The van der Waals surface area contributed by atoms with E-state index in [4.69, 9.17) is 0 Å². The second kappa shape index (κ2) is 8.32. The molecule has 2 heterocycles. The molecule has 0 radical (unpaired) electrons. The minimum Gasteiger partial charge on any atom is -0.368 e. The zero-order chi connectivity index (χ0) is 19.6. The highest BCUT2D eigenvalue weighted by Crippen LogP contribution is 2.26. The smallest absolute Gasteiger partial charge is 0.228 e. The zero-order valence-electron chi connectivity index (χ0n) is 17.2. The van der Waals surface area contributed by atoms with Gasteiger partial charge in [0, 0.05) is 51.4 Å². The number of carbonyl (C=O) groups is 2. The maximum absolute atomic E-state index is 12.9. The summed E-state index contributed by atoms with van der Waals surface area (Å²) < 4.78 is 0. The fourth-order valence-corrected chi connectivity index (χ4v) is 4.07. The van der Waals surface area contributed by atoms with Crippen LogP contribution >= 0.6 is 0 Å². The van der Waals surface area contributed by atoms with Gasteiger partial charge in [-0.25, -0.2) is 0 Å². The second-order valence-electron chi connectivity index (χ2n) is 8.45. The first-order valence-corrected chi connectivity index (χ1v) is 10.2. The molecular formula is C22H33N3O2. The number of amides is 2. The lowest BCUT2D eigenvalue weighted by atomic mass is 10.1. The number of rotatable bonds is 5. The average molecular weight is 372 g/mol. The van der Waals surface area contributed by atoms with Crippen LogP contribution in [0.3, 0.4) is 0 Å². The molecule has 5 heteroatoms. The fraction of sp³-hybridized carbons (Fsp3) is 0.636. The van der Waals surface area contributed by atoms with E-state index in [9.17, 15) is 9.59 Å². The standard InChI is InChI=1S/C22H33N3O2/c1-16(2)8-9-25-15-19(14-21(25)26)22(27)24-12-10-23(11-13-24)20-7-5-6-17(3)18(20)4/h5-7,16,19H,8-15H2,1-4H3. The van der Waals surface area contributed by atoms with E-state index in [0.717, 1.165) is 39.1 Å². The van der Waals surface area contributed by atoms with Crippen LogP contribution in [-0.4, -0.2) is 60.9 Å². The average Bonchev–Trinajstić information content (AvgIpc) is 3.02. The Morgan fingerprint density at radius 3 is 2.52 bits per heavy atom. The van der Waals surface area contributed by atoms with Crippen molar-refractivity contribution in [2.24, 2.45) is 11.8 Å². The molecule has 0 aromatic heterocycles. The van der Waals surface area contributed by atoms with Gasteiger partial charge < -0.3 is 14.7 Å². The number of carbonyl (C=O) groups excluding carboxylic acids is 2. The van der Waals surface area contributed by atoms with E-state index in [2.05, 4.69) is 50.8 Å². The molecule has 0 spiro atoms. The Hall–Kier alpha value is -2.04. The van der Waals surface area contributed by atoms with Crippen molar-refractivity contribution in [3.05, 3.63) is 29.3 Å². The van der Waals surface area contributed by atoms with E-state index < -0.39 is 0 Å². The van der Waals surface area contributed by atoms with Gasteiger partial charge in [0.2, 0.25) is 11.8 Å². The van der Waals surface area contributed by atoms with E-state index in [1.807, 2.05) is 9.80 Å². The summed E-state index contributed by atoms with van der Waals surface area (Å²) in [5.74, 6) is 0.724. The van der Waals surface area contributed by atoms with Gasteiger partial charge >= 0.3 is 0 Å². The van der Waals surface area contributed by atoms with E-state index in [0.29, 0.717) is 18.9 Å². The van der Waals surface area contributed by atoms with Crippen molar-refractivity contribution in [1.29, 1.82) is 0 Å². The molecule has 3 rings (SSSR count). The van der Waals surface area contributed by atoms with Crippen LogP contribution in [0.15, 0.2) is 18.2 Å². The quantitative estimate of drug-likeness (QED) is 0.799. The summed E-state index contributed by atoms with van der Waals surface area (Å²) in [6, 6.07) is 6.41. The minimum absolute atomic E-state index is 0.142. The summed E-state index contributed by atoms with van der Waals surface area (Å²) in [5, 5.41) is 0. The normalized spacial score (nSPS) is 20.7. The van der Waals surface area contributed by atoms with Crippen LogP contribution in [0.4, 0.5) is 5.69 Å². The van der Waals surface area contributed by atoms with Crippen molar-refractivity contribution < 1.29 is 9.59 Å². The van der Waals surface area contributed by atoms with Gasteiger partial charge in [0.25, 0.3) is 0 Å². The summed E-state index contributed by atoms with van der Waals surface area (Å²) in [6.07, 6.45) is 1.38. The first-order valence-electron chi connectivity index (χ1n) is 10.2. The molecule has 5 nitrogen and oxygen atoms in total. The van der Waals surface area contributed by atoms with Gasteiger partial charge in [-0.2, -0.15) is 0 Å². The largest absolute Gasteiger partial charge is 0.368 e. The third kappa shape index (κ3) is 4.45. The molecule has 0 N–H and O–H groups in total. The van der Waals surface area contributed by atoms with Crippen LogP contribution in [0.25, 0.3) is 0 Å². The van der Waals surface area contributed by atoms with Crippen molar-refractivity contribution in [2.75, 3.05) is 44.2 Å². The lowest BCUT2D eigenvalue weighted by Crippen LogP contribution is -2.51. The van der Waals surface area contributed by atoms with Crippen molar-refractivity contribution in [1.82, 2.24) is 9.80 Å². The Balaban J connectivity index is 1.54. The maximum atomic E-state index is 12.9. The minimum atomic E-state index is -0.156. The summed E-state index contributed by atoms with van der Waals surface area (Å²) in [4.78, 5) is 31.4. The van der Waals surface area contributed by atoms with E-state index in [-0.39, 0.29) is 17.7 Å². The lowest BCUT2D eigenvalue weighted by molar-refractivity contribution is -0.136. The van der Waals surface area contributed by atoms with Crippen LogP contribution in [0.1, 0.15) is 37.8 Å². The molecule has 148 valence electrons. The van der Waals surface area contributed by atoms with E-state index >= 15 is 0 Å². The number of anilines is 1. The number of nitrogens with zero attached hydrogens (tertiary/aromatic N) is 3. The molecule has 2 saturated heterocycles. The summed E-state index contributed by atoms with van der Waals surface area (Å²) in [7, 11) is 0. The molecule has 1 aromatic carbocycles. The van der Waals surface area contributed by atoms with E-state index in [1.54, 1.807) is 0 Å². The molecule has 1 unspecified atom stereocenters. The first-order chi connectivity index (χ1) is 12.9. The van der Waals surface area contributed by atoms with Gasteiger partial charge in [0.05, 0.1) is 5.92 Å². The van der Waals surface area contributed by atoms with Crippen molar-refractivity contribution in [2.45, 2.75) is 40.5 Å². The zero-order valence-corrected chi connectivity index (χ0v) is 17.2. The van der Waals surface area contributed by atoms with Gasteiger partial charge in [-0.15, -0.1) is 0 Å². The second-order valence-corrected chi connectivity index (χ2v) is 8.45. The highest BCUT2D eigenvalue weighted by atomic mass is 16.2. The highest BCUT2D eigenvalue weighted by molar-refractivity contribution is 5.89. The SMILES string of the molecule is Cc1cccc(N2CCN(C(=O)C3CC(=O)N(CCC(C)C)C3)CC2)c1C. The molecule has 27 heavy (non-hydrogen) atoms.